The number of carbonyl (C=O) groups excluding carboxylic acids is 1. The quantitative estimate of drug-likeness (QED) is 0.865. The average Bonchev–Trinajstić information content (AvgIpc) is 2.34. The molecule has 0 unspecified atom stereocenters. The Morgan fingerprint density at radius 2 is 2.05 bits per heavy atom. The molecule has 1 aliphatic carbocycles. The lowest BCUT2D eigenvalue weighted by molar-refractivity contribution is -0.130. The number of halogens is 1. The van der Waals surface area contributed by atoms with Crippen molar-refractivity contribution in [2.24, 2.45) is 0 Å². The van der Waals surface area contributed by atoms with Crippen LogP contribution in [0.1, 0.15) is 51.5 Å². The Kier molecular flexibility index (Phi) is 4.51. The van der Waals surface area contributed by atoms with E-state index in [1.54, 1.807) is 0 Å². The highest BCUT2D eigenvalue weighted by molar-refractivity contribution is 6.30. The highest BCUT2D eigenvalue weighted by Gasteiger charge is 2.45. The van der Waals surface area contributed by atoms with Crippen LogP contribution in [-0.4, -0.2) is 11.9 Å². The van der Waals surface area contributed by atoms with Crippen LogP contribution in [0.5, 0.6) is 0 Å². The minimum absolute atomic E-state index is 0.176. The van der Waals surface area contributed by atoms with Crippen molar-refractivity contribution in [3.05, 3.63) is 34.9 Å². The Balaban J connectivity index is 2.20. The van der Waals surface area contributed by atoms with E-state index in [4.69, 9.17) is 11.6 Å². The maximum atomic E-state index is 12.6. The molecule has 0 bridgehead atoms. The maximum Gasteiger partial charge on any atom is 0.230 e. The molecule has 0 aliphatic heterocycles. The summed E-state index contributed by atoms with van der Waals surface area (Å²) in [5.41, 5.74) is 0.725. The zero-order valence-electron chi connectivity index (χ0n) is 11.7. The highest BCUT2D eigenvalue weighted by atomic mass is 35.5. The van der Waals surface area contributed by atoms with E-state index in [1.165, 1.54) is 0 Å². The van der Waals surface area contributed by atoms with Crippen LogP contribution < -0.4 is 5.32 Å². The molecule has 19 heavy (non-hydrogen) atoms. The van der Waals surface area contributed by atoms with Crippen molar-refractivity contribution in [3.8, 4) is 0 Å². The molecule has 104 valence electrons. The zero-order chi connectivity index (χ0) is 13.9. The minimum atomic E-state index is -0.340. The van der Waals surface area contributed by atoms with E-state index in [2.05, 4.69) is 19.2 Å². The third-order valence-corrected chi connectivity index (χ3v) is 4.57. The Labute approximate surface area is 120 Å². The number of hydrogen-bond donors (Lipinski definition) is 1. The molecule has 1 amide bonds. The fourth-order valence-electron chi connectivity index (χ4n) is 2.78. The normalized spacial score (nSPS) is 17.1. The van der Waals surface area contributed by atoms with Crippen LogP contribution in [0.25, 0.3) is 0 Å². The number of hydrogen-bond acceptors (Lipinski definition) is 1. The summed E-state index contributed by atoms with van der Waals surface area (Å²) in [7, 11) is 0. The van der Waals surface area contributed by atoms with Crippen molar-refractivity contribution in [1.82, 2.24) is 5.32 Å². The van der Waals surface area contributed by atoms with Gasteiger partial charge >= 0.3 is 0 Å². The molecular formula is C16H22ClNO. The summed E-state index contributed by atoms with van der Waals surface area (Å²) in [6, 6.07) is 8.03. The lowest BCUT2D eigenvalue weighted by Crippen LogP contribution is -2.51. The van der Waals surface area contributed by atoms with Crippen molar-refractivity contribution in [2.45, 2.75) is 57.4 Å². The summed E-state index contributed by atoms with van der Waals surface area (Å²) in [4.78, 5) is 12.6. The highest BCUT2D eigenvalue weighted by Crippen LogP contribution is 2.44. The van der Waals surface area contributed by atoms with E-state index < -0.39 is 0 Å². The molecule has 2 rings (SSSR count). The molecule has 0 spiro atoms. The summed E-state index contributed by atoms with van der Waals surface area (Å²) in [6.07, 6.45) is 4.93. The van der Waals surface area contributed by atoms with Gasteiger partial charge in [0.15, 0.2) is 0 Å². The molecule has 1 aromatic rings. The topological polar surface area (TPSA) is 29.1 Å². The summed E-state index contributed by atoms with van der Waals surface area (Å²) >= 11 is 6.07. The molecule has 1 aliphatic rings. The Morgan fingerprint density at radius 1 is 1.37 bits per heavy atom. The molecule has 1 aromatic carbocycles. The number of benzene rings is 1. The van der Waals surface area contributed by atoms with E-state index in [-0.39, 0.29) is 17.4 Å². The van der Waals surface area contributed by atoms with Gasteiger partial charge in [-0.05, 0) is 43.4 Å². The second-order valence-electron chi connectivity index (χ2n) is 5.43. The van der Waals surface area contributed by atoms with Crippen LogP contribution >= 0.6 is 11.6 Å². The first-order chi connectivity index (χ1) is 9.12. The average molecular weight is 280 g/mol. The van der Waals surface area contributed by atoms with E-state index >= 15 is 0 Å². The molecule has 0 saturated heterocycles. The predicted octanol–water partition coefficient (Wildman–Crippen LogP) is 4.07. The molecule has 0 aromatic heterocycles. The van der Waals surface area contributed by atoms with Crippen LogP contribution in [0.15, 0.2) is 24.3 Å². The van der Waals surface area contributed by atoms with Gasteiger partial charge < -0.3 is 5.32 Å². The van der Waals surface area contributed by atoms with Gasteiger partial charge in [-0.25, -0.2) is 0 Å². The SMILES string of the molecule is CCC(CC)NC(=O)C1(c2cccc(Cl)c2)CCC1. The van der Waals surface area contributed by atoms with Gasteiger partial charge in [0, 0.05) is 11.1 Å². The Bertz CT molecular complexity index is 450. The minimum Gasteiger partial charge on any atom is -0.353 e. The van der Waals surface area contributed by atoms with E-state index in [1.807, 2.05) is 24.3 Å². The second kappa shape index (κ2) is 5.96. The van der Waals surface area contributed by atoms with Crippen molar-refractivity contribution < 1.29 is 4.79 Å². The first kappa shape index (κ1) is 14.4. The van der Waals surface area contributed by atoms with E-state index in [0.29, 0.717) is 5.02 Å². The molecule has 0 heterocycles. The fourth-order valence-corrected chi connectivity index (χ4v) is 2.97. The molecule has 1 fully saturated rings. The van der Waals surface area contributed by atoms with Crippen molar-refractivity contribution in [2.75, 3.05) is 0 Å². The molecule has 2 nitrogen and oxygen atoms in total. The van der Waals surface area contributed by atoms with Gasteiger partial charge in [-0.2, -0.15) is 0 Å². The first-order valence-electron chi connectivity index (χ1n) is 7.19. The number of amides is 1. The molecule has 3 heteroatoms. The lowest BCUT2D eigenvalue weighted by Gasteiger charge is -2.41. The van der Waals surface area contributed by atoms with Gasteiger partial charge in [-0.15, -0.1) is 0 Å². The van der Waals surface area contributed by atoms with Gasteiger partial charge in [0.2, 0.25) is 5.91 Å². The van der Waals surface area contributed by atoms with Crippen molar-refractivity contribution >= 4 is 17.5 Å². The number of nitrogens with one attached hydrogen (secondary N) is 1. The van der Waals surface area contributed by atoms with E-state index in [9.17, 15) is 4.79 Å². The third kappa shape index (κ3) is 2.79. The summed E-state index contributed by atoms with van der Waals surface area (Å²) in [5.74, 6) is 0.176. The van der Waals surface area contributed by atoms with Crippen LogP contribution in [0.2, 0.25) is 5.02 Å². The Hall–Kier alpha value is -1.02. The standard InChI is InChI=1S/C16H22ClNO/c1-3-14(4-2)18-15(19)16(9-6-10-16)12-7-5-8-13(17)11-12/h5,7-8,11,14H,3-4,6,9-10H2,1-2H3,(H,18,19). The number of rotatable bonds is 5. The second-order valence-corrected chi connectivity index (χ2v) is 5.87. The van der Waals surface area contributed by atoms with Crippen LogP contribution in [0, 0.1) is 0 Å². The van der Waals surface area contributed by atoms with Gasteiger partial charge in [0.05, 0.1) is 5.41 Å². The van der Waals surface area contributed by atoms with E-state index in [0.717, 1.165) is 37.7 Å². The smallest absolute Gasteiger partial charge is 0.230 e. The van der Waals surface area contributed by atoms with Crippen LogP contribution in [0.4, 0.5) is 0 Å². The largest absolute Gasteiger partial charge is 0.353 e. The summed E-state index contributed by atoms with van der Waals surface area (Å²) in [5, 5.41) is 3.90. The zero-order valence-corrected chi connectivity index (χ0v) is 12.5. The molecule has 0 atom stereocenters. The lowest BCUT2D eigenvalue weighted by atomic mass is 9.63. The maximum absolute atomic E-state index is 12.6. The number of carbonyl (C=O) groups is 1. The van der Waals surface area contributed by atoms with Crippen molar-refractivity contribution in [3.63, 3.8) is 0 Å². The molecule has 0 radical (unpaired) electrons. The predicted molar refractivity (Wildman–Crippen MR) is 79.5 cm³/mol. The molecule has 1 saturated carbocycles. The van der Waals surface area contributed by atoms with Gasteiger partial charge in [0.1, 0.15) is 0 Å². The fraction of sp³-hybridized carbons (Fsp3) is 0.562. The van der Waals surface area contributed by atoms with Gasteiger partial charge in [-0.1, -0.05) is 44.0 Å². The third-order valence-electron chi connectivity index (χ3n) is 4.34. The van der Waals surface area contributed by atoms with Gasteiger partial charge in [0.25, 0.3) is 0 Å². The Morgan fingerprint density at radius 3 is 2.53 bits per heavy atom. The van der Waals surface area contributed by atoms with Crippen molar-refractivity contribution in [1.29, 1.82) is 0 Å². The van der Waals surface area contributed by atoms with Gasteiger partial charge in [-0.3, -0.25) is 4.79 Å². The van der Waals surface area contributed by atoms with Crippen LogP contribution in [0.3, 0.4) is 0 Å². The summed E-state index contributed by atoms with van der Waals surface area (Å²) < 4.78 is 0. The molecule has 1 N–H and O–H groups in total. The van der Waals surface area contributed by atoms with Crippen LogP contribution in [-0.2, 0) is 10.2 Å². The summed E-state index contributed by atoms with van der Waals surface area (Å²) in [6.45, 7) is 4.22. The first-order valence-corrected chi connectivity index (χ1v) is 7.57. The monoisotopic (exact) mass is 279 g/mol. The molecular weight excluding hydrogens is 258 g/mol.